The predicted octanol–water partition coefficient (Wildman–Crippen LogP) is 4.83. The van der Waals surface area contributed by atoms with Gasteiger partial charge in [-0.05, 0) is 55.9 Å². The monoisotopic (exact) mass is 443 g/mol. The molecule has 1 aliphatic heterocycles. The van der Waals surface area contributed by atoms with Crippen LogP contribution in [0, 0.1) is 12.7 Å². The zero-order chi connectivity index (χ0) is 18.4. The van der Waals surface area contributed by atoms with E-state index < -0.39 is 0 Å². The maximum atomic E-state index is 13.6. The molecule has 0 spiro atoms. The topological polar surface area (TPSA) is 17.1 Å². The number of likely N-dealkylation sites (tertiary alicyclic amines) is 1. The van der Waals surface area contributed by atoms with Crippen LogP contribution in [0.3, 0.4) is 0 Å². The second kappa shape index (κ2) is 10.6. The van der Waals surface area contributed by atoms with Crippen molar-refractivity contribution in [3.8, 4) is 0 Å². The zero-order valence-electron chi connectivity index (χ0n) is 16.3. The Labute approximate surface area is 187 Å². The van der Waals surface area contributed by atoms with Gasteiger partial charge in [-0.2, -0.15) is 0 Å². The van der Waals surface area contributed by atoms with E-state index in [4.69, 9.17) is 0 Å². The summed E-state index contributed by atoms with van der Waals surface area (Å²) in [6.45, 7) is 5.52. The smallest absolute Gasteiger partial charge is 0.191 e. The van der Waals surface area contributed by atoms with Crippen LogP contribution in [0.25, 0.3) is 0 Å². The Kier molecular flexibility index (Phi) is 8.79. The van der Waals surface area contributed by atoms with Crippen molar-refractivity contribution in [3.63, 3.8) is 0 Å². The third-order valence-corrected chi connectivity index (χ3v) is 5.59. The fourth-order valence-electron chi connectivity index (χ4n) is 4.18. The molecule has 1 saturated heterocycles. The summed E-state index contributed by atoms with van der Waals surface area (Å²) in [6.07, 6.45) is 5.20. The Balaban J connectivity index is 0.00000261. The Morgan fingerprint density at radius 1 is 1.00 bits per heavy atom. The molecular formula is C23H29FNOY+. The minimum Gasteiger partial charge on any atom is -0.314 e. The molecule has 0 bridgehead atoms. The Morgan fingerprint density at radius 2 is 1.67 bits per heavy atom. The van der Waals surface area contributed by atoms with E-state index >= 15 is 0 Å². The number of carbonyl (C=O) groups excluding carboxylic acids is 1. The average Bonchev–Trinajstić information content (AvgIpc) is 2.84. The van der Waals surface area contributed by atoms with Crippen LogP contribution in [0.4, 0.5) is 4.39 Å². The number of hydrogen-bond donors (Lipinski definition) is 0. The maximum Gasteiger partial charge on any atom is 0.191 e. The number of benzene rings is 2. The Morgan fingerprint density at radius 3 is 2.33 bits per heavy atom. The van der Waals surface area contributed by atoms with Crippen molar-refractivity contribution < 1.29 is 46.4 Å². The van der Waals surface area contributed by atoms with Crippen molar-refractivity contribution in [2.45, 2.75) is 45.6 Å². The van der Waals surface area contributed by atoms with Crippen LogP contribution in [0.2, 0.25) is 0 Å². The zero-order valence-corrected chi connectivity index (χ0v) is 19.1. The van der Waals surface area contributed by atoms with Gasteiger partial charge in [-0.1, -0.05) is 36.4 Å². The second-order valence-electron chi connectivity index (χ2n) is 7.79. The van der Waals surface area contributed by atoms with Crippen molar-refractivity contribution in [3.05, 3.63) is 71.0 Å². The summed E-state index contributed by atoms with van der Waals surface area (Å²) in [4.78, 5) is 12.9. The van der Waals surface area contributed by atoms with Gasteiger partial charge in [0.1, 0.15) is 18.9 Å². The maximum absolute atomic E-state index is 13.6. The summed E-state index contributed by atoms with van der Waals surface area (Å²) in [7, 11) is 0. The van der Waals surface area contributed by atoms with Crippen molar-refractivity contribution in [1.29, 1.82) is 0 Å². The molecule has 0 aromatic heterocycles. The summed E-state index contributed by atoms with van der Waals surface area (Å²) in [5.41, 5.74) is 3.11. The van der Waals surface area contributed by atoms with E-state index in [9.17, 15) is 9.18 Å². The van der Waals surface area contributed by atoms with Crippen molar-refractivity contribution >= 4 is 5.78 Å². The number of halogens is 1. The van der Waals surface area contributed by atoms with Gasteiger partial charge in [0, 0.05) is 44.7 Å². The van der Waals surface area contributed by atoms with E-state index in [1.54, 1.807) is 6.07 Å². The normalized spacial score (nSPS) is 16.2. The number of carbonyl (C=O) groups is 1. The van der Waals surface area contributed by atoms with Crippen LogP contribution in [0.1, 0.15) is 42.4 Å². The molecule has 1 aliphatic rings. The van der Waals surface area contributed by atoms with Gasteiger partial charge in [-0.25, -0.2) is 4.39 Å². The van der Waals surface area contributed by atoms with Gasteiger partial charge in [0.15, 0.2) is 5.78 Å². The average molecular weight is 443 g/mol. The quantitative estimate of drug-likeness (QED) is 0.585. The standard InChI is InChI=1S/C23H29FNO.Y/c1-19-11-12-22(24)15-21(19)16-23(26)18-25(13-7-2-3-8-14-25)17-20-9-5-4-6-10-20;/h4-6,9-12,15H,2-3,7-8,13-14,16-18H2,1H3;/q+1;. The van der Waals surface area contributed by atoms with Gasteiger partial charge in [-0.15, -0.1) is 0 Å². The fourth-order valence-corrected chi connectivity index (χ4v) is 4.18. The molecule has 0 amide bonds. The van der Waals surface area contributed by atoms with Crippen LogP contribution < -0.4 is 0 Å². The number of hydrogen-bond acceptors (Lipinski definition) is 1. The molecule has 3 rings (SSSR count). The largest absolute Gasteiger partial charge is 0.314 e. The molecule has 2 nitrogen and oxygen atoms in total. The molecule has 2 aromatic rings. The molecule has 0 saturated carbocycles. The van der Waals surface area contributed by atoms with Crippen molar-refractivity contribution in [2.24, 2.45) is 0 Å². The van der Waals surface area contributed by atoms with Gasteiger partial charge in [-0.3, -0.25) is 4.79 Å². The first kappa shape index (κ1) is 22.4. The SMILES string of the molecule is Cc1ccc(F)cc1CC(=O)C[N+]1(Cc2ccccc2)CCCCCC1.[Y]. The Hall–Kier alpha value is -0.896. The van der Waals surface area contributed by atoms with E-state index in [1.165, 1.54) is 43.4 Å². The minimum absolute atomic E-state index is 0. The number of Topliss-reactive ketones (excluding diaryl/α,β-unsaturated/α-hetero) is 1. The molecule has 2 aromatic carbocycles. The van der Waals surface area contributed by atoms with E-state index in [0.29, 0.717) is 13.0 Å². The number of ketones is 1. The van der Waals surface area contributed by atoms with Gasteiger partial charge in [0.05, 0.1) is 13.1 Å². The van der Waals surface area contributed by atoms with E-state index in [-0.39, 0.29) is 44.3 Å². The summed E-state index contributed by atoms with van der Waals surface area (Å²) >= 11 is 0. The fraction of sp³-hybridized carbons (Fsp3) is 0.435. The minimum atomic E-state index is -0.263. The summed E-state index contributed by atoms with van der Waals surface area (Å²) in [5, 5.41) is 0. The van der Waals surface area contributed by atoms with Crippen LogP contribution in [-0.4, -0.2) is 29.9 Å². The third-order valence-electron chi connectivity index (χ3n) is 5.59. The van der Waals surface area contributed by atoms with Gasteiger partial charge in [0.25, 0.3) is 0 Å². The van der Waals surface area contributed by atoms with E-state index in [1.807, 2.05) is 13.0 Å². The first-order valence-corrected chi connectivity index (χ1v) is 9.72. The molecule has 1 fully saturated rings. The van der Waals surface area contributed by atoms with Gasteiger partial charge < -0.3 is 4.48 Å². The molecule has 27 heavy (non-hydrogen) atoms. The molecule has 0 aliphatic carbocycles. The van der Waals surface area contributed by atoms with Crippen LogP contribution in [0.5, 0.6) is 0 Å². The number of rotatable bonds is 6. The molecule has 1 heterocycles. The summed E-state index contributed by atoms with van der Waals surface area (Å²) in [5.74, 6) is -0.0436. The van der Waals surface area contributed by atoms with E-state index in [2.05, 4.69) is 24.3 Å². The number of aryl methyl sites for hydroxylation is 1. The van der Waals surface area contributed by atoms with Crippen LogP contribution in [-0.2, 0) is 50.5 Å². The molecular weight excluding hydrogens is 414 g/mol. The third kappa shape index (κ3) is 6.59. The first-order valence-electron chi connectivity index (χ1n) is 9.72. The van der Waals surface area contributed by atoms with Gasteiger partial charge >= 0.3 is 0 Å². The van der Waals surface area contributed by atoms with Gasteiger partial charge in [0.2, 0.25) is 0 Å². The molecule has 0 N–H and O–H groups in total. The predicted molar refractivity (Wildman–Crippen MR) is 103 cm³/mol. The van der Waals surface area contributed by atoms with Crippen molar-refractivity contribution in [1.82, 2.24) is 0 Å². The van der Waals surface area contributed by atoms with E-state index in [0.717, 1.165) is 35.2 Å². The molecule has 4 heteroatoms. The summed E-state index contributed by atoms with van der Waals surface area (Å²) < 4.78 is 14.4. The van der Waals surface area contributed by atoms with Crippen LogP contribution >= 0.6 is 0 Å². The van der Waals surface area contributed by atoms with Crippen molar-refractivity contribution in [2.75, 3.05) is 19.6 Å². The first-order chi connectivity index (χ1) is 12.6. The Bertz CT molecular complexity index is 739. The number of quaternary nitrogens is 1. The molecule has 0 atom stereocenters. The molecule has 0 unspecified atom stereocenters. The second-order valence-corrected chi connectivity index (χ2v) is 7.79. The molecule has 141 valence electrons. The molecule has 1 radical (unpaired) electrons. The number of nitrogens with zero attached hydrogens (tertiary/aromatic N) is 1. The summed E-state index contributed by atoms with van der Waals surface area (Å²) in [6, 6.07) is 15.2. The van der Waals surface area contributed by atoms with Crippen LogP contribution in [0.15, 0.2) is 48.5 Å².